The first kappa shape index (κ1) is 12.8. The van der Waals surface area contributed by atoms with Crippen LogP contribution in [-0.2, 0) is 0 Å². The number of benzene rings is 1. The molecule has 5 heteroatoms. The molecule has 0 bridgehead atoms. The third kappa shape index (κ3) is 3.64. The summed E-state index contributed by atoms with van der Waals surface area (Å²) in [6.45, 7) is 0. The van der Waals surface area contributed by atoms with Crippen LogP contribution in [0.1, 0.15) is 25.7 Å². The maximum Gasteiger partial charge on any atom is 0.171 e. The van der Waals surface area contributed by atoms with Crippen LogP contribution in [0.3, 0.4) is 0 Å². The van der Waals surface area contributed by atoms with E-state index in [9.17, 15) is 4.39 Å². The van der Waals surface area contributed by atoms with Crippen molar-refractivity contribution in [3.05, 3.63) is 28.5 Å². The lowest BCUT2D eigenvalue weighted by Gasteiger charge is -2.16. The summed E-state index contributed by atoms with van der Waals surface area (Å²) in [6, 6.07) is 4.95. The van der Waals surface area contributed by atoms with E-state index in [-0.39, 0.29) is 5.82 Å². The van der Waals surface area contributed by atoms with E-state index in [0.717, 1.165) is 17.3 Å². The molecule has 17 heavy (non-hydrogen) atoms. The van der Waals surface area contributed by atoms with E-state index >= 15 is 0 Å². The van der Waals surface area contributed by atoms with E-state index in [1.54, 1.807) is 6.07 Å². The van der Waals surface area contributed by atoms with Gasteiger partial charge in [0.1, 0.15) is 5.82 Å². The molecule has 1 aromatic carbocycles. The van der Waals surface area contributed by atoms with Crippen molar-refractivity contribution in [2.45, 2.75) is 31.7 Å². The van der Waals surface area contributed by atoms with Gasteiger partial charge in [0.05, 0.1) is 5.69 Å². The summed E-state index contributed by atoms with van der Waals surface area (Å²) in [7, 11) is 0. The van der Waals surface area contributed by atoms with Gasteiger partial charge in [0.15, 0.2) is 5.11 Å². The van der Waals surface area contributed by atoms with Gasteiger partial charge in [-0.25, -0.2) is 4.39 Å². The van der Waals surface area contributed by atoms with Gasteiger partial charge in [0.25, 0.3) is 0 Å². The maximum atomic E-state index is 13.1. The molecule has 0 aliphatic heterocycles. The summed E-state index contributed by atoms with van der Waals surface area (Å²) in [5.74, 6) is -0.278. The summed E-state index contributed by atoms with van der Waals surface area (Å²) >= 11 is 8.57. The van der Waals surface area contributed by atoms with Crippen molar-refractivity contribution >= 4 is 38.9 Å². The second-order valence-corrected chi connectivity index (χ2v) is 5.47. The van der Waals surface area contributed by atoms with E-state index in [4.69, 9.17) is 12.2 Å². The van der Waals surface area contributed by atoms with Crippen molar-refractivity contribution in [2.75, 3.05) is 5.32 Å². The van der Waals surface area contributed by atoms with E-state index in [0.29, 0.717) is 16.8 Å². The number of hydrogen-bond donors (Lipinski definition) is 2. The molecule has 2 nitrogen and oxygen atoms in total. The van der Waals surface area contributed by atoms with Crippen LogP contribution in [0.5, 0.6) is 0 Å². The zero-order chi connectivity index (χ0) is 12.3. The topological polar surface area (TPSA) is 24.1 Å². The summed E-state index contributed by atoms with van der Waals surface area (Å²) in [6.07, 6.45) is 4.83. The molecule has 1 fully saturated rings. The van der Waals surface area contributed by atoms with E-state index < -0.39 is 0 Å². The molecule has 0 heterocycles. The van der Waals surface area contributed by atoms with Crippen LogP contribution in [0.25, 0.3) is 0 Å². The Labute approximate surface area is 114 Å². The molecule has 0 amide bonds. The first-order chi connectivity index (χ1) is 8.15. The fourth-order valence-corrected chi connectivity index (χ4v) is 2.63. The van der Waals surface area contributed by atoms with Gasteiger partial charge in [-0.3, -0.25) is 0 Å². The second-order valence-electron chi connectivity index (χ2n) is 4.20. The lowest BCUT2D eigenvalue weighted by atomic mass is 10.2. The van der Waals surface area contributed by atoms with Crippen molar-refractivity contribution in [1.82, 2.24) is 5.32 Å². The Balaban J connectivity index is 1.95. The smallest absolute Gasteiger partial charge is 0.171 e. The second kappa shape index (κ2) is 5.78. The summed E-state index contributed by atoms with van der Waals surface area (Å²) in [5, 5.41) is 6.82. The molecule has 0 unspecified atom stereocenters. The molecule has 92 valence electrons. The van der Waals surface area contributed by atoms with Gasteiger partial charge in [-0.05, 0) is 59.2 Å². The predicted molar refractivity (Wildman–Crippen MR) is 75.7 cm³/mol. The van der Waals surface area contributed by atoms with Crippen LogP contribution >= 0.6 is 28.1 Å². The molecule has 0 saturated heterocycles. The maximum absolute atomic E-state index is 13.1. The molecule has 1 aromatic rings. The Hall–Kier alpha value is -0.680. The van der Waals surface area contributed by atoms with Crippen molar-refractivity contribution in [2.24, 2.45) is 0 Å². The number of rotatable bonds is 2. The minimum atomic E-state index is -0.278. The molecule has 2 rings (SSSR count). The molecule has 2 N–H and O–H groups in total. The zero-order valence-electron chi connectivity index (χ0n) is 9.30. The molecular weight excluding hydrogens is 303 g/mol. The average Bonchev–Trinajstić information content (AvgIpc) is 2.76. The number of halogens is 2. The first-order valence-electron chi connectivity index (χ1n) is 5.68. The van der Waals surface area contributed by atoms with Gasteiger partial charge in [-0.2, -0.15) is 0 Å². The van der Waals surface area contributed by atoms with Crippen LogP contribution in [0.2, 0.25) is 0 Å². The van der Waals surface area contributed by atoms with E-state index in [2.05, 4.69) is 26.6 Å². The fourth-order valence-electron chi connectivity index (χ4n) is 2.01. The standard InChI is InChI=1S/C12H14BrFN2S/c13-10-6-5-8(14)7-11(10)16-12(17)15-9-3-1-2-4-9/h5-7,9H,1-4H2,(H2,15,16,17). The van der Waals surface area contributed by atoms with Gasteiger partial charge >= 0.3 is 0 Å². The molecule has 0 spiro atoms. The minimum absolute atomic E-state index is 0.278. The lowest BCUT2D eigenvalue weighted by molar-refractivity contribution is 0.627. The Morgan fingerprint density at radius 1 is 1.35 bits per heavy atom. The average molecular weight is 317 g/mol. The molecule has 0 aromatic heterocycles. The SMILES string of the molecule is Fc1ccc(Br)c(NC(=S)NC2CCCC2)c1. The number of nitrogens with one attached hydrogen (secondary N) is 2. The van der Waals surface area contributed by atoms with Crippen LogP contribution in [0, 0.1) is 5.82 Å². The van der Waals surface area contributed by atoms with Gasteiger partial charge < -0.3 is 10.6 Å². The van der Waals surface area contributed by atoms with Crippen LogP contribution in [0.4, 0.5) is 10.1 Å². The normalized spacial score (nSPS) is 15.9. The number of anilines is 1. The number of thiocarbonyl (C=S) groups is 1. The highest BCUT2D eigenvalue weighted by Gasteiger charge is 2.15. The molecule has 1 aliphatic carbocycles. The highest BCUT2D eigenvalue weighted by atomic mass is 79.9. The number of hydrogen-bond acceptors (Lipinski definition) is 1. The molecule has 0 radical (unpaired) electrons. The highest BCUT2D eigenvalue weighted by molar-refractivity contribution is 9.10. The van der Waals surface area contributed by atoms with Crippen molar-refractivity contribution in [3.8, 4) is 0 Å². The quantitative estimate of drug-likeness (QED) is 0.811. The van der Waals surface area contributed by atoms with Gasteiger partial charge in [0.2, 0.25) is 0 Å². The van der Waals surface area contributed by atoms with Gasteiger partial charge in [-0.15, -0.1) is 0 Å². The van der Waals surface area contributed by atoms with Gasteiger partial charge in [0, 0.05) is 10.5 Å². The van der Waals surface area contributed by atoms with Crippen molar-refractivity contribution < 1.29 is 4.39 Å². The molecule has 1 aliphatic rings. The van der Waals surface area contributed by atoms with Crippen LogP contribution in [-0.4, -0.2) is 11.2 Å². The summed E-state index contributed by atoms with van der Waals surface area (Å²) in [4.78, 5) is 0. The Morgan fingerprint density at radius 2 is 2.06 bits per heavy atom. The third-order valence-corrected chi connectivity index (χ3v) is 3.78. The molecule has 1 saturated carbocycles. The Bertz CT molecular complexity index is 419. The highest BCUT2D eigenvalue weighted by Crippen LogP contribution is 2.23. The summed E-state index contributed by atoms with van der Waals surface area (Å²) < 4.78 is 13.9. The largest absolute Gasteiger partial charge is 0.360 e. The zero-order valence-corrected chi connectivity index (χ0v) is 11.7. The minimum Gasteiger partial charge on any atom is -0.360 e. The predicted octanol–water partition coefficient (Wildman–Crippen LogP) is 3.82. The van der Waals surface area contributed by atoms with Crippen LogP contribution in [0.15, 0.2) is 22.7 Å². The van der Waals surface area contributed by atoms with E-state index in [1.807, 2.05) is 0 Å². The summed E-state index contributed by atoms with van der Waals surface area (Å²) in [5.41, 5.74) is 0.653. The first-order valence-corrected chi connectivity index (χ1v) is 6.88. The third-order valence-electron chi connectivity index (χ3n) is 2.87. The molecular formula is C12H14BrFN2S. The van der Waals surface area contributed by atoms with Crippen LogP contribution < -0.4 is 10.6 Å². The van der Waals surface area contributed by atoms with Crippen molar-refractivity contribution in [3.63, 3.8) is 0 Å². The van der Waals surface area contributed by atoms with Crippen molar-refractivity contribution in [1.29, 1.82) is 0 Å². The Morgan fingerprint density at radius 3 is 2.76 bits per heavy atom. The monoisotopic (exact) mass is 316 g/mol. The fraction of sp³-hybridized carbons (Fsp3) is 0.417. The van der Waals surface area contributed by atoms with Gasteiger partial charge in [-0.1, -0.05) is 12.8 Å². The van der Waals surface area contributed by atoms with E-state index in [1.165, 1.54) is 25.0 Å². The molecule has 0 atom stereocenters. The lowest BCUT2D eigenvalue weighted by Crippen LogP contribution is -2.36. The Kier molecular flexibility index (Phi) is 4.34.